The van der Waals surface area contributed by atoms with Crippen LogP contribution in [0.2, 0.25) is 0 Å². The molecule has 1 unspecified atom stereocenters. The number of nitrogens with zero attached hydrogens (tertiary/aromatic N) is 2. The normalized spacial score (nSPS) is 20.1. The summed E-state index contributed by atoms with van der Waals surface area (Å²) in [4.78, 5) is 0. The largest absolute Gasteiger partial charge is 0.379 e. The van der Waals surface area contributed by atoms with Crippen LogP contribution in [0.5, 0.6) is 0 Å². The molecule has 0 aromatic carbocycles. The van der Waals surface area contributed by atoms with Gasteiger partial charge >= 0.3 is 0 Å². The van der Waals surface area contributed by atoms with Gasteiger partial charge in [-0.2, -0.15) is 5.43 Å². The molecule has 1 fully saturated rings. The Morgan fingerprint density at radius 1 is 1.53 bits per heavy atom. The van der Waals surface area contributed by atoms with Crippen molar-refractivity contribution in [3.63, 3.8) is 0 Å². The molecule has 0 aromatic heterocycles. The van der Waals surface area contributed by atoms with Gasteiger partial charge in [0, 0.05) is 25.1 Å². The molecule has 0 spiro atoms. The summed E-state index contributed by atoms with van der Waals surface area (Å²) in [6.07, 6.45) is 0. The van der Waals surface area contributed by atoms with E-state index in [1.807, 2.05) is 5.01 Å². The third kappa shape index (κ3) is 4.72. The average Bonchev–Trinajstić information content (AvgIpc) is 2.35. The van der Waals surface area contributed by atoms with E-state index >= 15 is 0 Å². The Kier molecular flexibility index (Phi) is 6.07. The van der Waals surface area contributed by atoms with Crippen molar-refractivity contribution in [2.75, 3.05) is 39.5 Å². The highest BCUT2D eigenvalue weighted by atomic mass is 32.2. The maximum Gasteiger partial charge on any atom is 0.199 e. The van der Waals surface area contributed by atoms with Gasteiger partial charge in [-0.3, -0.25) is 0 Å². The molecule has 1 rings (SSSR count). The summed E-state index contributed by atoms with van der Waals surface area (Å²) in [5, 5.41) is 2.73. The van der Waals surface area contributed by atoms with Crippen molar-refractivity contribution >= 4 is 9.84 Å². The minimum Gasteiger partial charge on any atom is -0.379 e. The highest BCUT2D eigenvalue weighted by Crippen LogP contribution is 2.06. The van der Waals surface area contributed by atoms with Crippen molar-refractivity contribution in [1.29, 1.82) is 0 Å². The number of rotatable bonds is 7. The van der Waals surface area contributed by atoms with Crippen molar-refractivity contribution in [2.24, 2.45) is 0 Å². The smallest absolute Gasteiger partial charge is 0.199 e. The number of hydrogen-bond donors (Lipinski definition) is 0. The lowest BCUT2D eigenvalue weighted by atomic mass is 10.5. The molecule has 0 N–H and O–H groups in total. The second kappa shape index (κ2) is 7.07. The molecule has 0 aliphatic carbocycles. The lowest BCUT2D eigenvalue weighted by Crippen LogP contribution is -2.45. The second-order valence-electron chi connectivity index (χ2n) is 3.53. The molecule has 0 amide bonds. The quantitative estimate of drug-likeness (QED) is 0.634. The first-order valence-electron chi connectivity index (χ1n) is 5.58. The van der Waals surface area contributed by atoms with Crippen LogP contribution in [0.15, 0.2) is 12.0 Å². The number of ether oxygens (including phenoxy) is 2. The molecule has 1 saturated heterocycles. The van der Waals surface area contributed by atoms with E-state index in [1.165, 1.54) is 0 Å². The molecule has 1 heterocycles. The topological polar surface area (TPSA) is 69.9 Å². The van der Waals surface area contributed by atoms with Gasteiger partial charge in [0.1, 0.15) is 0 Å². The Hall–Kier alpha value is -0.470. The van der Waals surface area contributed by atoms with Crippen molar-refractivity contribution in [3.8, 4) is 0 Å². The zero-order valence-corrected chi connectivity index (χ0v) is 10.9. The van der Waals surface area contributed by atoms with Crippen molar-refractivity contribution < 1.29 is 17.9 Å². The molecule has 0 saturated carbocycles. The predicted molar refractivity (Wildman–Crippen MR) is 63.9 cm³/mol. The first-order valence-corrected chi connectivity index (χ1v) is 7.19. The van der Waals surface area contributed by atoms with Gasteiger partial charge in [0.2, 0.25) is 0 Å². The van der Waals surface area contributed by atoms with Crippen LogP contribution in [0.1, 0.15) is 6.92 Å². The van der Waals surface area contributed by atoms with Gasteiger partial charge in [0.05, 0.1) is 19.8 Å². The fourth-order valence-corrected chi connectivity index (χ4v) is 2.24. The third-order valence-electron chi connectivity index (χ3n) is 2.37. The molecule has 1 aliphatic heterocycles. The number of sulfone groups is 1. The second-order valence-corrected chi connectivity index (χ2v) is 5.57. The van der Waals surface area contributed by atoms with Crippen LogP contribution in [0.25, 0.3) is 0 Å². The van der Waals surface area contributed by atoms with Gasteiger partial charge < -0.3 is 9.47 Å². The lowest BCUT2D eigenvalue weighted by Gasteiger charge is -2.26. The Morgan fingerprint density at radius 3 is 2.71 bits per heavy atom. The number of morpholine rings is 1. The maximum absolute atomic E-state index is 11.6. The Balaban J connectivity index is 2.46. The molecule has 1 atom stereocenters. The van der Waals surface area contributed by atoms with E-state index in [9.17, 15) is 8.42 Å². The highest BCUT2D eigenvalue weighted by molar-refractivity contribution is 7.94. The summed E-state index contributed by atoms with van der Waals surface area (Å²) in [6, 6.07) is 0. The molecular formula is C10H19N2O4S. The molecule has 0 aromatic rings. The summed E-state index contributed by atoms with van der Waals surface area (Å²) in [5.41, 5.74) is 3.28. The standard InChI is InChI=1S/C10H19N2O4S/c1-3-16-10(17(13,14)4-2)9-11-12-5-7-15-8-6-12/h4,10H,2-3,5-9H2,1H3. The molecule has 17 heavy (non-hydrogen) atoms. The molecule has 1 aliphatic rings. The first-order chi connectivity index (χ1) is 8.10. The summed E-state index contributed by atoms with van der Waals surface area (Å²) in [6.45, 7) is 8.09. The molecule has 6 nitrogen and oxygen atoms in total. The minimum absolute atomic E-state index is 0.0994. The lowest BCUT2D eigenvalue weighted by molar-refractivity contribution is 0.0000646. The fraction of sp³-hybridized carbons (Fsp3) is 0.800. The van der Waals surface area contributed by atoms with E-state index < -0.39 is 15.3 Å². The van der Waals surface area contributed by atoms with E-state index in [1.54, 1.807) is 6.92 Å². The van der Waals surface area contributed by atoms with Crippen LogP contribution < -0.4 is 5.43 Å². The minimum atomic E-state index is -3.43. The van der Waals surface area contributed by atoms with Gasteiger partial charge in [-0.05, 0) is 6.92 Å². The molecule has 1 radical (unpaired) electrons. The van der Waals surface area contributed by atoms with Crippen molar-refractivity contribution in [1.82, 2.24) is 10.4 Å². The van der Waals surface area contributed by atoms with Crippen LogP contribution in [0, 0.1) is 0 Å². The van der Waals surface area contributed by atoms with Crippen LogP contribution in [-0.2, 0) is 19.3 Å². The summed E-state index contributed by atoms with van der Waals surface area (Å²) >= 11 is 0. The van der Waals surface area contributed by atoms with E-state index in [0.29, 0.717) is 32.9 Å². The zero-order chi connectivity index (χ0) is 12.7. The molecule has 99 valence electrons. The van der Waals surface area contributed by atoms with Crippen LogP contribution in [0.4, 0.5) is 0 Å². The van der Waals surface area contributed by atoms with Gasteiger partial charge in [0.25, 0.3) is 0 Å². The Bertz CT molecular complexity index is 325. The van der Waals surface area contributed by atoms with E-state index in [4.69, 9.17) is 9.47 Å². The first kappa shape index (κ1) is 14.6. The van der Waals surface area contributed by atoms with Crippen LogP contribution in [0.3, 0.4) is 0 Å². The maximum atomic E-state index is 11.6. The fourth-order valence-electron chi connectivity index (χ4n) is 1.42. The summed E-state index contributed by atoms with van der Waals surface area (Å²) < 4.78 is 33.6. The molecule has 7 heteroatoms. The van der Waals surface area contributed by atoms with E-state index in [-0.39, 0.29) is 6.54 Å². The highest BCUT2D eigenvalue weighted by Gasteiger charge is 2.24. The van der Waals surface area contributed by atoms with Gasteiger partial charge in [-0.1, -0.05) is 6.58 Å². The van der Waals surface area contributed by atoms with Crippen LogP contribution in [-0.4, -0.2) is 58.3 Å². The summed E-state index contributed by atoms with van der Waals surface area (Å²) in [7, 11) is -3.43. The molecular weight excluding hydrogens is 244 g/mol. The number of hydrogen-bond acceptors (Lipinski definition) is 5. The van der Waals surface area contributed by atoms with E-state index in [2.05, 4.69) is 12.0 Å². The van der Waals surface area contributed by atoms with Crippen molar-refractivity contribution in [3.05, 3.63) is 12.0 Å². The zero-order valence-electron chi connectivity index (χ0n) is 10.0. The van der Waals surface area contributed by atoms with E-state index in [0.717, 1.165) is 5.41 Å². The monoisotopic (exact) mass is 263 g/mol. The average molecular weight is 263 g/mol. The summed E-state index contributed by atoms with van der Waals surface area (Å²) in [5.74, 6) is 0. The van der Waals surface area contributed by atoms with Crippen molar-refractivity contribution in [2.45, 2.75) is 12.4 Å². The van der Waals surface area contributed by atoms with Gasteiger partial charge in [-0.25, -0.2) is 13.4 Å². The molecule has 0 bridgehead atoms. The predicted octanol–water partition coefficient (Wildman–Crippen LogP) is -0.241. The Labute approximate surface area is 102 Å². The van der Waals surface area contributed by atoms with Gasteiger partial charge in [0.15, 0.2) is 15.3 Å². The van der Waals surface area contributed by atoms with Gasteiger partial charge in [-0.15, -0.1) is 0 Å². The van der Waals surface area contributed by atoms with Crippen LogP contribution >= 0.6 is 0 Å². The SMILES string of the molecule is C=CS(=O)(=O)C(C[N]N1CCOCC1)OCC. The Morgan fingerprint density at radius 2 is 2.18 bits per heavy atom. The third-order valence-corrected chi connectivity index (χ3v) is 3.85.